The molecule has 3 heterocycles. The maximum atomic E-state index is 12.6. The lowest BCUT2D eigenvalue weighted by Gasteiger charge is -2.29. The second-order valence-electron chi connectivity index (χ2n) is 8.30. The Bertz CT molecular complexity index is 801. The summed E-state index contributed by atoms with van der Waals surface area (Å²) >= 11 is 1.69. The molecule has 2 N–H and O–H groups in total. The van der Waals surface area contributed by atoms with Crippen molar-refractivity contribution in [3.63, 3.8) is 0 Å². The number of nitrogens with zero attached hydrogens (tertiary/aromatic N) is 1. The van der Waals surface area contributed by atoms with Crippen LogP contribution in [0.5, 0.6) is 0 Å². The number of fused-ring (bicyclic) bond motifs is 2. The van der Waals surface area contributed by atoms with Crippen molar-refractivity contribution in [2.75, 3.05) is 0 Å². The van der Waals surface area contributed by atoms with Crippen molar-refractivity contribution >= 4 is 17.2 Å². The van der Waals surface area contributed by atoms with Gasteiger partial charge < -0.3 is 10.6 Å². The molecular formula is C22H29N3OS. The van der Waals surface area contributed by atoms with Gasteiger partial charge in [0.1, 0.15) is 5.01 Å². The minimum absolute atomic E-state index is 0.00707. The Morgan fingerprint density at radius 2 is 1.89 bits per heavy atom. The van der Waals surface area contributed by atoms with Crippen LogP contribution in [0.1, 0.15) is 61.2 Å². The zero-order valence-electron chi connectivity index (χ0n) is 16.4. The number of thiazole rings is 1. The summed E-state index contributed by atoms with van der Waals surface area (Å²) in [6, 6.07) is 9.75. The third kappa shape index (κ3) is 4.25. The molecule has 4 nitrogen and oxygen atoms in total. The van der Waals surface area contributed by atoms with Gasteiger partial charge in [-0.25, -0.2) is 4.98 Å². The van der Waals surface area contributed by atoms with Crippen LogP contribution in [0.25, 0.3) is 10.6 Å². The van der Waals surface area contributed by atoms with Crippen LogP contribution in [-0.4, -0.2) is 23.0 Å². The average molecular weight is 384 g/mol. The molecule has 5 heteroatoms. The zero-order valence-corrected chi connectivity index (χ0v) is 17.2. The minimum atomic E-state index is 0.00707. The molecule has 0 saturated carbocycles. The van der Waals surface area contributed by atoms with Gasteiger partial charge in [-0.3, -0.25) is 4.79 Å². The summed E-state index contributed by atoms with van der Waals surface area (Å²) in [6.07, 6.45) is 5.51. The monoisotopic (exact) mass is 383 g/mol. The molecule has 2 bridgehead atoms. The van der Waals surface area contributed by atoms with Gasteiger partial charge in [-0.1, -0.05) is 29.8 Å². The summed E-state index contributed by atoms with van der Waals surface area (Å²) in [5, 5.41) is 7.90. The Balaban J connectivity index is 1.38. The first-order chi connectivity index (χ1) is 13.0. The molecule has 3 atom stereocenters. The van der Waals surface area contributed by atoms with Gasteiger partial charge in [0.2, 0.25) is 5.91 Å². The van der Waals surface area contributed by atoms with Crippen molar-refractivity contribution in [2.45, 2.75) is 71.0 Å². The number of amides is 1. The number of rotatable bonds is 5. The lowest BCUT2D eigenvalue weighted by Crippen LogP contribution is -2.40. The third-order valence-electron chi connectivity index (χ3n) is 5.95. The number of piperidine rings is 1. The predicted molar refractivity (Wildman–Crippen MR) is 111 cm³/mol. The summed E-state index contributed by atoms with van der Waals surface area (Å²) < 4.78 is 0. The van der Waals surface area contributed by atoms with Crippen molar-refractivity contribution in [1.29, 1.82) is 0 Å². The highest BCUT2D eigenvalue weighted by Gasteiger charge is 2.34. The largest absolute Gasteiger partial charge is 0.349 e. The van der Waals surface area contributed by atoms with Crippen LogP contribution < -0.4 is 10.6 Å². The van der Waals surface area contributed by atoms with Crippen LogP contribution in [0.15, 0.2) is 24.3 Å². The summed E-state index contributed by atoms with van der Waals surface area (Å²) in [4.78, 5) is 18.5. The van der Waals surface area contributed by atoms with E-state index < -0.39 is 0 Å². The van der Waals surface area contributed by atoms with Gasteiger partial charge in [-0.2, -0.15) is 0 Å². The predicted octanol–water partition coefficient (Wildman–Crippen LogP) is 4.52. The first kappa shape index (κ1) is 18.6. The van der Waals surface area contributed by atoms with Gasteiger partial charge in [0.15, 0.2) is 0 Å². The van der Waals surface area contributed by atoms with E-state index in [-0.39, 0.29) is 11.9 Å². The molecule has 4 rings (SSSR count). The van der Waals surface area contributed by atoms with E-state index >= 15 is 0 Å². The number of nitrogens with one attached hydrogen (secondary N) is 2. The fraction of sp³-hybridized carbons (Fsp3) is 0.545. The van der Waals surface area contributed by atoms with E-state index in [0.717, 1.165) is 34.0 Å². The Morgan fingerprint density at radius 1 is 1.22 bits per heavy atom. The summed E-state index contributed by atoms with van der Waals surface area (Å²) in [7, 11) is 0. The summed E-state index contributed by atoms with van der Waals surface area (Å²) in [5.74, 6) is 0.708. The van der Waals surface area contributed by atoms with E-state index in [2.05, 4.69) is 48.7 Å². The number of carbonyl (C=O) groups is 1. The van der Waals surface area contributed by atoms with Crippen LogP contribution in [0.4, 0.5) is 0 Å². The highest BCUT2D eigenvalue weighted by atomic mass is 32.1. The zero-order chi connectivity index (χ0) is 19.0. The van der Waals surface area contributed by atoms with Gasteiger partial charge in [0, 0.05) is 24.1 Å². The van der Waals surface area contributed by atoms with Gasteiger partial charge >= 0.3 is 0 Å². The van der Waals surface area contributed by atoms with E-state index in [0.29, 0.717) is 24.4 Å². The molecule has 27 heavy (non-hydrogen) atoms. The van der Waals surface area contributed by atoms with Gasteiger partial charge in [-0.15, -0.1) is 11.3 Å². The number of benzene rings is 1. The Morgan fingerprint density at radius 3 is 2.56 bits per heavy atom. The quantitative estimate of drug-likeness (QED) is 0.798. The second-order valence-corrected chi connectivity index (χ2v) is 9.33. The standard InChI is InChI=1S/C22H29N3OS/c1-13-4-6-17(7-5-13)22-24-15(3)21(27-22)14(2)23-20(26)12-16-10-18-8-9-19(11-16)25-18/h4-7,14,16,18-19,25H,8-12H2,1-3H3,(H,23,26). The normalized spacial score (nSPS) is 25.4. The van der Waals surface area contributed by atoms with Crippen molar-refractivity contribution in [1.82, 2.24) is 15.6 Å². The molecule has 1 aromatic carbocycles. The lowest BCUT2D eigenvalue weighted by molar-refractivity contribution is -0.122. The molecule has 1 amide bonds. The molecule has 3 unspecified atom stereocenters. The van der Waals surface area contributed by atoms with E-state index in [9.17, 15) is 4.79 Å². The molecule has 0 aliphatic carbocycles. The smallest absolute Gasteiger partial charge is 0.220 e. The van der Waals surface area contributed by atoms with Crippen LogP contribution in [0.2, 0.25) is 0 Å². The lowest BCUT2D eigenvalue weighted by atomic mass is 9.89. The van der Waals surface area contributed by atoms with Crippen molar-refractivity contribution < 1.29 is 4.79 Å². The third-order valence-corrected chi connectivity index (χ3v) is 7.34. The van der Waals surface area contributed by atoms with E-state index in [1.54, 1.807) is 11.3 Å². The summed E-state index contributed by atoms with van der Waals surface area (Å²) in [5.41, 5.74) is 3.41. The summed E-state index contributed by atoms with van der Waals surface area (Å²) in [6.45, 7) is 6.20. The van der Waals surface area contributed by atoms with Gasteiger partial charge in [0.25, 0.3) is 0 Å². The van der Waals surface area contributed by atoms with Crippen LogP contribution >= 0.6 is 11.3 Å². The maximum Gasteiger partial charge on any atom is 0.220 e. The van der Waals surface area contributed by atoms with Crippen LogP contribution in [-0.2, 0) is 4.79 Å². The number of carbonyl (C=O) groups excluding carboxylic acids is 1. The second kappa shape index (κ2) is 7.72. The van der Waals surface area contributed by atoms with Gasteiger partial charge in [0.05, 0.1) is 16.6 Å². The Kier molecular flexibility index (Phi) is 5.33. The van der Waals surface area contributed by atoms with Crippen molar-refractivity contribution in [2.24, 2.45) is 5.92 Å². The molecule has 0 radical (unpaired) electrons. The van der Waals surface area contributed by atoms with Crippen molar-refractivity contribution in [3.8, 4) is 10.6 Å². The molecule has 0 spiro atoms. The molecule has 2 fully saturated rings. The number of aryl methyl sites for hydroxylation is 2. The first-order valence-electron chi connectivity index (χ1n) is 10.1. The first-order valence-corrected chi connectivity index (χ1v) is 10.9. The number of hydrogen-bond acceptors (Lipinski definition) is 4. The number of aromatic nitrogens is 1. The van der Waals surface area contributed by atoms with Gasteiger partial charge in [-0.05, 0) is 52.4 Å². The van der Waals surface area contributed by atoms with Crippen LogP contribution in [0.3, 0.4) is 0 Å². The van der Waals surface area contributed by atoms with E-state index in [4.69, 9.17) is 4.98 Å². The fourth-order valence-corrected chi connectivity index (χ4v) is 5.67. The van der Waals surface area contributed by atoms with E-state index in [1.807, 2.05) is 6.92 Å². The molecule has 1 aromatic heterocycles. The fourth-order valence-electron chi connectivity index (χ4n) is 4.60. The SMILES string of the molecule is Cc1ccc(-c2nc(C)c(C(C)NC(=O)CC3CC4CCC(C3)N4)s2)cc1. The van der Waals surface area contributed by atoms with E-state index in [1.165, 1.54) is 18.4 Å². The van der Waals surface area contributed by atoms with Crippen LogP contribution in [0, 0.1) is 19.8 Å². The molecule has 2 aliphatic heterocycles. The highest BCUT2D eigenvalue weighted by Crippen LogP contribution is 2.34. The molecular weight excluding hydrogens is 354 g/mol. The Labute approximate surface area is 165 Å². The minimum Gasteiger partial charge on any atom is -0.349 e. The average Bonchev–Trinajstić information content (AvgIpc) is 3.17. The molecule has 2 aromatic rings. The molecule has 144 valence electrons. The molecule has 2 saturated heterocycles. The topological polar surface area (TPSA) is 54.0 Å². The highest BCUT2D eigenvalue weighted by molar-refractivity contribution is 7.15. The van der Waals surface area contributed by atoms with Crippen molar-refractivity contribution in [3.05, 3.63) is 40.4 Å². The molecule has 2 aliphatic rings. The number of hydrogen-bond donors (Lipinski definition) is 2. The Hall–Kier alpha value is -1.72. The maximum absolute atomic E-state index is 12.6.